The van der Waals surface area contributed by atoms with E-state index in [0.717, 1.165) is 16.8 Å². The summed E-state index contributed by atoms with van der Waals surface area (Å²) in [7, 11) is 1.61. The van der Waals surface area contributed by atoms with Crippen molar-refractivity contribution in [2.24, 2.45) is 0 Å². The molecule has 0 amide bonds. The molecule has 0 spiro atoms. The summed E-state index contributed by atoms with van der Waals surface area (Å²) in [5, 5.41) is 3.17. The highest BCUT2D eigenvalue weighted by atomic mass is 16.5. The summed E-state index contributed by atoms with van der Waals surface area (Å²) >= 11 is 0. The molecule has 0 aliphatic rings. The van der Waals surface area contributed by atoms with Crippen LogP contribution in [0.25, 0.3) is 11.1 Å². The molecule has 21 heavy (non-hydrogen) atoms. The fraction of sp³-hybridized carbons (Fsp3) is 0.0625. The number of ether oxygens (including phenoxy) is 1. The smallest absolute Gasteiger partial charge is 0.227 e. The summed E-state index contributed by atoms with van der Waals surface area (Å²) < 4.78 is 5.16. The van der Waals surface area contributed by atoms with Crippen LogP contribution >= 0.6 is 0 Å². The quantitative estimate of drug-likeness (QED) is 0.793. The van der Waals surface area contributed by atoms with Crippen molar-refractivity contribution in [2.45, 2.75) is 0 Å². The third kappa shape index (κ3) is 3.14. The van der Waals surface area contributed by atoms with Crippen LogP contribution in [-0.2, 0) is 0 Å². The van der Waals surface area contributed by atoms with Gasteiger partial charge >= 0.3 is 0 Å². The number of nitrogens with one attached hydrogen (secondary N) is 1. The van der Waals surface area contributed by atoms with Gasteiger partial charge in [0, 0.05) is 30.3 Å². The fourth-order valence-corrected chi connectivity index (χ4v) is 1.97. The molecule has 0 unspecified atom stereocenters. The number of pyridine rings is 1. The zero-order valence-electron chi connectivity index (χ0n) is 11.5. The molecule has 1 N–H and O–H groups in total. The number of anilines is 2. The SMILES string of the molecule is COc1cc(-c2cccc(Nc3ncccn3)c2)ccn1. The number of methoxy groups -OCH3 is 1. The van der Waals surface area contributed by atoms with Crippen molar-refractivity contribution in [1.82, 2.24) is 15.0 Å². The van der Waals surface area contributed by atoms with Crippen LogP contribution in [0.1, 0.15) is 0 Å². The van der Waals surface area contributed by atoms with Gasteiger partial charge < -0.3 is 10.1 Å². The number of nitrogens with zero attached hydrogens (tertiary/aromatic N) is 3. The molecule has 0 bridgehead atoms. The van der Waals surface area contributed by atoms with Crippen LogP contribution in [0.3, 0.4) is 0 Å². The lowest BCUT2D eigenvalue weighted by Gasteiger charge is -2.08. The van der Waals surface area contributed by atoms with Gasteiger partial charge in [0.15, 0.2) is 0 Å². The molecule has 0 saturated heterocycles. The lowest BCUT2D eigenvalue weighted by atomic mass is 10.1. The summed E-state index contributed by atoms with van der Waals surface area (Å²) in [6.07, 6.45) is 5.13. The zero-order valence-corrected chi connectivity index (χ0v) is 11.5. The second kappa shape index (κ2) is 6.00. The third-order valence-corrected chi connectivity index (χ3v) is 2.96. The number of hydrogen-bond acceptors (Lipinski definition) is 5. The molecule has 5 nitrogen and oxygen atoms in total. The molecule has 0 atom stereocenters. The van der Waals surface area contributed by atoms with E-state index >= 15 is 0 Å². The van der Waals surface area contributed by atoms with Crippen molar-refractivity contribution in [1.29, 1.82) is 0 Å². The molecule has 0 saturated carbocycles. The highest BCUT2D eigenvalue weighted by molar-refractivity contribution is 5.70. The molecular weight excluding hydrogens is 264 g/mol. The summed E-state index contributed by atoms with van der Waals surface area (Å²) in [5.41, 5.74) is 3.03. The van der Waals surface area contributed by atoms with Gasteiger partial charge in [-0.2, -0.15) is 0 Å². The average molecular weight is 278 g/mol. The van der Waals surface area contributed by atoms with Crippen LogP contribution in [0.2, 0.25) is 0 Å². The Balaban J connectivity index is 1.89. The van der Waals surface area contributed by atoms with E-state index in [4.69, 9.17) is 4.74 Å². The maximum atomic E-state index is 5.16. The van der Waals surface area contributed by atoms with Gasteiger partial charge in [-0.25, -0.2) is 15.0 Å². The van der Waals surface area contributed by atoms with E-state index in [-0.39, 0.29) is 0 Å². The van der Waals surface area contributed by atoms with Gasteiger partial charge in [0.1, 0.15) is 0 Å². The summed E-state index contributed by atoms with van der Waals surface area (Å²) in [4.78, 5) is 12.4. The van der Waals surface area contributed by atoms with Gasteiger partial charge in [-0.3, -0.25) is 0 Å². The van der Waals surface area contributed by atoms with Crippen LogP contribution in [0.5, 0.6) is 5.88 Å². The van der Waals surface area contributed by atoms with Crippen LogP contribution in [0.4, 0.5) is 11.6 Å². The first-order chi connectivity index (χ1) is 10.3. The lowest BCUT2D eigenvalue weighted by Crippen LogP contribution is -1.95. The Kier molecular flexibility index (Phi) is 3.73. The Morgan fingerprint density at radius 2 is 1.67 bits per heavy atom. The fourth-order valence-electron chi connectivity index (χ4n) is 1.97. The van der Waals surface area contributed by atoms with Crippen molar-refractivity contribution >= 4 is 11.6 Å². The van der Waals surface area contributed by atoms with E-state index in [1.54, 1.807) is 31.8 Å². The number of aromatic nitrogens is 3. The van der Waals surface area contributed by atoms with Crippen LogP contribution in [0, 0.1) is 0 Å². The number of benzene rings is 1. The normalized spacial score (nSPS) is 10.1. The molecule has 1 aromatic carbocycles. The first kappa shape index (κ1) is 13.1. The molecule has 3 aromatic rings. The maximum absolute atomic E-state index is 5.16. The minimum atomic E-state index is 0.571. The predicted molar refractivity (Wildman–Crippen MR) is 81.5 cm³/mol. The first-order valence-electron chi connectivity index (χ1n) is 6.50. The predicted octanol–water partition coefficient (Wildman–Crippen LogP) is 3.29. The Hall–Kier alpha value is -2.95. The van der Waals surface area contributed by atoms with Crippen molar-refractivity contribution in [3.63, 3.8) is 0 Å². The van der Waals surface area contributed by atoms with E-state index in [0.29, 0.717) is 11.8 Å². The van der Waals surface area contributed by atoms with Crippen LogP contribution in [0.15, 0.2) is 61.1 Å². The van der Waals surface area contributed by atoms with Crippen LogP contribution < -0.4 is 10.1 Å². The standard InChI is InChI=1S/C16H14N4O/c1-21-15-11-13(6-9-17-15)12-4-2-5-14(10-12)20-16-18-7-3-8-19-16/h2-11H,1H3,(H,18,19,20). The first-order valence-corrected chi connectivity index (χ1v) is 6.50. The highest BCUT2D eigenvalue weighted by Gasteiger charge is 2.03. The largest absolute Gasteiger partial charge is 0.481 e. The Morgan fingerprint density at radius 3 is 2.48 bits per heavy atom. The lowest BCUT2D eigenvalue weighted by molar-refractivity contribution is 0.398. The molecule has 0 aliphatic heterocycles. The van der Waals surface area contributed by atoms with Crippen molar-refractivity contribution in [2.75, 3.05) is 12.4 Å². The average Bonchev–Trinajstić information content (AvgIpc) is 2.56. The molecule has 0 radical (unpaired) electrons. The van der Waals surface area contributed by atoms with Crippen molar-refractivity contribution in [3.8, 4) is 17.0 Å². The topological polar surface area (TPSA) is 59.9 Å². The van der Waals surface area contributed by atoms with Gasteiger partial charge in [0.2, 0.25) is 11.8 Å². The number of hydrogen-bond donors (Lipinski definition) is 1. The third-order valence-electron chi connectivity index (χ3n) is 2.96. The summed E-state index contributed by atoms with van der Waals surface area (Å²) in [6.45, 7) is 0. The van der Waals surface area contributed by atoms with Crippen molar-refractivity contribution < 1.29 is 4.74 Å². The molecular formula is C16H14N4O. The van der Waals surface area contributed by atoms with E-state index in [1.807, 2.05) is 36.4 Å². The van der Waals surface area contributed by atoms with E-state index in [2.05, 4.69) is 20.3 Å². The molecule has 3 rings (SSSR count). The second-order valence-corrected chi connectivity index (χ2v) is 4.37. The summed E-state index contributed by atoms with van der Waals surface area (Å²) in [6, 6.07) is 13.6. The van der Waals surface area contributed by atoms with Gasteiger partial charge in [-0.05, 0) is 35.4 Å². The molecule has 2 aromatic heterocycles. The molecule has 5 heteroatoms. The monoisotopic (exact) mass is 278 g/mol. The Morgan fingerprint density at radius 1 is 0.857 bits per heavy atom. The maximum Gasteiger partial charge on any atom is 0.227 e. The Labute approximate surface area is 122 Å². The molecule has 0 aliphatic carbocycles. The minimum Gasteiger partial charge on any atom is -0.481 e. The molecule has 2 heterocycles. The van der Waals surface area contributed by atoms with E-state index < -0.39 is 0 Å². The zero-order chi connectivity index (χ0) is 14.5. The van der Waals surface area contributed by atoms with Crippen molar-refractivity contribution in [3.05, 3.63) is 61.1 Å². The van der Waals surface area contributed by atoms with E-state index in [1.165, 1.54) is 0 Å². The molecule has 104 valence electrons. The van der Waals surface area contributed by atoms with Gasteiger partial charge in [0.25, 0.3) is 0 Å². The van der Waals surface area contributed by atoms with Crippen LogP contribution in [-0.4, -0.2) is 22.1 Å². The summed E-state index contributed by atoms with van der Waals surface area (Å²) in [5.74, 6) is 1.17. The van der Waals surface area contributed by atoms with Gasteiger partial charge in [0.05, 0.1) is 7.11 Å². The van der Waals surface area contributed by atoms with Gasteiger partial charge in [-0.15, -0.1) is 0 Å². The van der Waals surface area contributed by atoms with E-state index in [9.17, 15) is 0 Å². The second-order valence-electron chi connectivity index (χ2n) is 4.37. The molecule has 0 fully saturated rings. The minimum absolute atomic E-state index is 0.571. The Bertz CT molecular complexity index is 731. The van der Waals surface area contributed by atoms with Gasteiger partial charge in [-0.1, -0.05) is 12.1 Å². The number of rotatable bonds is 4. The highest BCUT2D eigenvalue weighted by Crippen LogP contribution is 2.25.